The number of fused-ring (bicyclic) bond motifs is 3. The Kier molecular flexibility index (Phi) is 5.81. The number of imide groups is 1. The van der Waals surface area contributed by atoms with Gasteiger partial charge in [-0.1, -0.05) is 47.5 Å². The molecule has 9 heteroatoms. The average Bonchev–Trinajstić information content (AvgIpc) is 3.49. The van der Waals surface area contributed by atoms with Crippen molar-refractivity contribution in [2.75, 3.05) is 18.0 Å². The number of piperidine rings is 1. The fraction of sp³-hybridized carbons (Fsp3) is 0.440. The van der Waals surface area contributed by atoms with Gasteiger partial charge in [0.25, 0.3) is 0 Å². The van der Waals surface area contributed by atoms with Crippen LogP contribution in [-0.2, 0) is 22.7 Å². The number of amides is 2. The van der Waals surface area contributed by atoms with Crippen LogP contribution in [0.3, 0.4) is 0 Å². The van der Waals surface area contributed by atoms with Crippen LogP contribution in [0.5, 0.6) is 0 Å². The second-order valence-corrected chi connectivity index (χ2v) is 11.0. The monoisotopic (exact) mass is 516 g/mol. The first kappa shape index (κ1) is 22.7. The van der Waals surface area contributed by atoms with E-state index in [0.717, 1.165) is 31.7 Å². The third-order valence-electron chi connectivity index (χ3n) is 7.75. The first-order chi connectivity index (χ1) is 16.4. The minimum atomic E-state index is -0.310. The van der Waals surface area contributed by atoms with Gasteiger partial charge in [0.2, 0.25) is 11.8 Å². The summed E-state index contributed by atoms with van der Waals surface area (Å²) in [4.78, 5) is 31.0. The maximum absolute atomic E-state index is 12.4. The van der Waals surface area contributed by atoms with Gasteiger partial charge in [-0.2, -0.15) is 12.6 Å². The van der Waals surface area contributed by atoms with Crippen molar-refractivity contribution in [1.29, 1.82) is 0 Å². The Morgan fingerprint density at radius 3 is 2.71 bits per heavy atom. The Balaban J connectivity index is 1.13. The second-order valence-electron chi connectivity index (χ2n) is 9.74. The maximum atomic E-state index is 12.4. The predicted octanol–water partition coefficient (Wildman–Crippen LogP) is 4.01. The van der Waals surface area contributed by atoms with E-state index in [1.54, 1.807) is 0 Å². The number of anilines is 1. The van der Waals surface area contributed by atoms with Crippen LogP contribution in [0.25, 0.3) is 0 Å². The zero-order valence-corrected chi connectivity index (χ0v) is 21.0. The molecule has 3 saturated heterocycles. The van der Waals surface area contributed by atoms with Crippen LogP contribution in [-0.4, -0.2) is 52.8 Å². The summed E-state index contributed by atoms with van der Waals surface area (Å²) in [6.45, 7) is 3.52. The third kappa shape index (κ3) is 3.82. The lowest BCUT2D eigenvalue weighted by atomic mass is 10.0. The Labute approximate surface area is 214 Å². The van der Waals surface area contributed by atoms with Crippen LogP contribution in [0, 0.1) is 0 Å². The van der Waals surface area contributed by atoms with E-state index in [9.17, 15) is 9.59 Å². The van der Waals surface area contributed by atoms with E-state index in [2.05, 4.69) is 44.3 Å². The highest BCUT2D eigenvalue weighted by Gasteiger charge is 2.44. The van der Waals surface area contributed by atoms with Gasteiger partial charge in [-0.15, -0.1) is 0 Å². The van der Waals surface area contributed by atoms with Crippen LogP contribution in [0.2, 0.25) is 10.0 Å². The molecule has 0 aliphatic carbocycles. The summed E-state index contributed by atoms with van der Waals surface area (Å²) in [7, 11) is 0. The molecule has 2 unspecified atom stereocenters. The third-order valence-corrected chi connectivity index (χ3v) is 9.13. The lowest BCUT2D eigenvalue weighted by Crippen LogP contribution is -2.51. The SMILES string of the molecule is O=C1CCC(N2Cc3ccc(CN4C[C@H]5C[C@@H]4CN5c4cccc(Cl)c4Cl)cc3C2S)C(=O)N1. The van der Waals surface area contributed by atoms with E-state index in [4.69, 9.17) is 35.8 Å². The van der Waals surface area contributed by atoms with Gasteiger partial charge in [0, 0.05) is 44.7 Å². The van der Waals surface area contributed by atoms with Gasteiger partial charge in [-0.05, 0) is 41.7 Å². The molecule has 4 atom stereocenters. The standard InChI is InChI=1S/C25H26Cl2N4O2S/c26-19-2-1-3-20(23(19)27)30-13-16-9-17(30)12-29(16)10-14-4-5-15-11-31(25(34)18(15)8-14)21-6-7-22(32)28-24(21)33/h1-5,8,16-17,21,25,34H,6-7,9-13H2,(H,28,32,33)/t16-,17-,21?,25?/m1/s1. The van der Waals surface area contributed by atoms with Crippen molar-refractivity contribution >= 4 is 53.3 Å². The summed E-state index contributed by atoms with van der Waals surface area (Å²) in [6.07, 6.45) is 2.06. The van der Waals surface area contributed by atoms with Gasteiger partial charge in [-0.25, -0.2) is 0 Å². The molecule has 3 fully saturated rings. The van der Waals surface area contributed by atoms with Crippen molar-refractivity contribution in [2.45, 2.75) is 55.9 Å². The molecule has 178 valence electrons. The van der Waals surface area contributed by atoms with Crippen molar-refractivity contribution in [3.63, 3.8) is 0 Å². The van der Waals surface area contributed by atoms with Crippen molar-refractivity contribution in [3.05, 3.63) is 63.1 Å². The first-order valence-electron chi connectivity index (χ1n) is 11.7. The van der Waals surface area contributed by atoms with Gasteiger partial charge >= 0.3 is 0 Å². The van der Waals surface area contributed by atoms with E-state index < -0.39 is 0 Å². The molecule has 0 saturated carbocycles. The topological polar surface area (TPSA) is 55.9 Å². The molecule has 34 heavy (non-hydrogen) atoms. The number of carbonyl (C=O) groups is 2. The van der Waals surface area contributed by atoms with Crippen molar-refractivity contribution in [3.8, 4) is 0 Å². The summed E-state index contributed by atoms with van der Waals surface area (Å²) in [6, 6.07) is 13.1. The predicted molar refractivity (Wildman–Crippen MR) is 136 cm³/mol. The van der Waals surface area contributed by atoms with Gasteiger partial charge in [-0.3, -0.25) is 24.7 Å². The molecule has 0 radical (unpaired) electrons. The molecule has 4 aliphatic heterocycles. The number of piperazine rings is 1. The molecule has 4 aliphatic rings. The lowest BCUT2D eigenvalue weighted by molar-refractivity contribution is -0.137. The molecule has 6 nitrogen and oxygen atoms in total. The zero-order chi connectivity index (χ0) is 23.6. The largest absolute Gasteiger partial charge is 0.364 e. The summed E-state index contributed by atoms with van der Waals surface area (Å²) in [5, 5.41) is 3.57. The minimum absolute atomic E-state index is 0.144. The highest BCUT2D eigenvalue weighted by Crippen LogP contribution is 2.42. The number of hydrogen-bond acceptors (Lipinski definition) is 6. The molecule has 0 aromatic heterocycles. The number of hydrogen-bond donors (Lipinski definition) is 2. The van der Waals surface area contributed by atoms with Crippen LogP contribution < -0.4 is 10.2 Å². The molecular weight excluding hydrogens is 491 g/mol. The maximum Gasteiger partial charge on any atom is 0.243 e. The van der Waals surface area contributed by atoms with Crippen molar-refractivity contribution in [1.82, 2.24) is 15.1 Å². The lowest BCUT2D eigenvalue weighted by Gasteiger charge is -2.36. The minimum Gasteiger partial charge on any atom is -0.364 e. The molecule has 4 heterocycles. The smallest absolute Gasteiger partial charge is 0.243 e. The Hall–Kier alpha value is -1.77. The van der Waals surface area contributed by atoms with E-state index in [1.165, 1.54) is 16.7 Å². The summed E-state index contributed by atoms with van der Waals surface area (Å²) >= 11 is 17.6. The molecular formula is C25H26Cl2N4O2S. The summed E-state index contributed by atoms with van der Waals surface area (Å²) in [5.41, 5.74) is 4.67. The molecule has 1 N–H and O–H groups in total. The average molecular weight is 517 g/mol. The number of benzene rings is 2. The number of carbonyl (C=O) groups excluding carboxylic acids is 2. The van der Waals surface area contributed by atoms with E-state index >= 15 is 0 Å². The number of nitrogens with zero attached hydrogens (tertiary/aromatic N) is 3. The van der Waals surface area contributed by atoms with Gasteiger partial charge in [0.15, 0.2) is 0 Å². The Bertz CT molecular complexity index is 1180. The van der Waals surface area contributed by atoms with Crippen molar-refractivity contribution < 1.29 is 9.59 Å². The number of rotatable bonds is 4. The molecule has 0 spiro atoms. The van der Waals surface area contributed by atoms with Gasteiger partial charge < -0.3 is 4.90 Å². The number of nitrogens with one attached hydrogen (secondary N) is 1. The van der Waals surface area contributed by atoms with E-state index in [-0.39, 0.29) is 23.2 Å². The first-order valence-corrected chi connectivity index (χ1v) is 13.0. The normalized spacial score (nSPS) is 29.1. The number of thiol groups is 1. The second kappa shape index (κ2) is 8.71. The number of likely N-dealkylation sites (tertiary alicyclic amines) is 1. The molecule has 6 rings (SSSR count). The fourth-order valence-electron chi connectivity index (χ4n) is 6.05. The van der Waals surface area contributed by atoms with Crippen LogP contribution in [0.1, 0.15) is 41.3 Å². The molecule has 2 aromatic rings. The summed E-state index contributed by atoms with van der Waals surface area (Å²) in [5.74, 6) is -0.396. The quantitative estimate of drug-likeness (QED) is 0.475. The Morgan fingerprint density at radius 2 is 1.94 bits per heavy atom. The van der Waals surface area contributed by atoms with Crippen LogP contribution in [0.4, 0.5) is 5.69 Å². The van der Waals surface area contributed by atoms with Crippen LogP contribution in [0.15, 0.2) is 36.4 Å². The highest BCUT2D eigenvalue weighted by atomic mass is 35.5. The van der Waals surface area contributed by atoms with Crippen LogP contribution >= 0.6 is 35.8 Å². The number of halogens is 2. The Morgan fingerprint density at radius 1 is 1.09 bits per heavy atom. The fourth-order valence-corrected chi connectivity index (χ4v) is 6.94. The van der Waals surface area contributed by atoms with Gasteiger partial charge in [0.05, 0.1) is 27.1 Å². The molecule has 2 aromatic carbocycles. The molecule has 2 amide bonds. The molecule has 2 bridgehead atoms. The zero-order valence-electron chi connectivity index (χ0n) is 18.6. The summed E-state index contributed by atoms with van der Waals surface area (Å²) < 4.78 is 0. The van der Waals surface area contributed by atoms with Crippen molar-refractivity contribution in [2.24, 2.45) is 0 Å². The van der Waals surface area contributed by atoms with E-state index in [0.29, 0.717) is 41.5 Å². The van der Waals surface area contributed by atoms with Gasteiger partial charge in [0.1, 0.15) is 0 Å². The van der Waals surface area contributed by atoms with E-state index in [1.807, 2.05) is 12.1 Å². The highest BCUT2D eigenvalue weighted by molar-refractivity contribution is 7.80.